The van der Waals surface area contributed by atoms with Crippen LogP contribution in [0, 0.1) is 18.3 Å². The van der Waals surface area contributed by atoms with Crippen LogP contribution in [0.1, 0.15) is 26.1 Å². The minimum absolute atomic E-state index is 0.198. The lowest BCUT2D eigenvalue weighted by atomic mass is 10.2. The van der Waals surface area contributed by atoms with Crippen molar-refractivity contribution >= 4 is 28.9 Å². The van der Waals surface area contributed by atoms with Crippen molar-refractivity contribution in [3.05, 3.63) is 39.7 Å². The average Bonchev–Trinajstić information content (AvgIpc) is 3.04. The number of hydrogen-bond acceptors (Lipinski definition) is 5. The molecule has 0 saturated carbocycles. The quantitative estimate of drug-likeness (QED) is 0.871. The molecule has 0 aliphatic rings. The summed E-state index contributed by atoms with van der Waals surface area (Å²) < 4.78 is 5.16. The SMILES string of the molecule is CNC(=O)c1sc(/C(C#N)=C/c2ccco2)nc1C. The van der Waals surface area contributed by atoms with E-state index in [1.165, 1.54) is 17.6 Å². The predicted octanol–water partition coefficient (Wildman–Crippen LogP) is 2.47. The number of nitrogens with one attached hydrogen (secondary N) is 1. The van der Waals surface area contributed by atoms with Gasteiger partial charge >= 0.3 is 0 Å². The Kier molecular flexibility index (Phi) is 3.78. The molecule has 6 heteroatoms. The zero-order chi connectivity index (χ0) is 13.8. The van der Waals surface area contributed by atoms with Crippen molar-refractivity contribution in [2.75, 3.05) is 7.05 Å². The summed E-state index contributed by atoms with van der Waals surface area (Å²) in [6.45, 7) is 1.74. The number of rotatable bonds is 3. The standard InChI is InChI=1S/C13H11N3O2S/c1-8-11(12(17)15-2)19-13(16-8)9(7-14)6-10-4-3-5-18-10/h3-6H,1-2H3,(H,15,17)/b9-6+. The molecule has 0 fully saturated rings. The number of furan rings is 1. The second kappa shape index (κ2) is 5.50. The fourth-order valence-corrected chi connectivity index (χ4v) is 2.47. The van der Waals surface area contributed by atoms with Crippen LogP contribution < -0.4 is 5.32 Å². The molecule has 2 rings (SSSR count). The van der Waals surface area contributed by atoms with Gasteiger partial charge in [0.25, 0.3) is 5.91 Å². The van der Waals surface area contributed by atoms with Gasteiger partial charge in [-0.1, -0.05) is 0 Å². The first-order valence-electron chi connectivity index (χ1n) is 5.51. The maximum atomic E-state index is 11.6. The van der Waals surface area contributed by atoms with Crippen molar-refractivity contribution in [1.82, 2.24) is 10.3 Å². The van der Waals surface area contributed by atoms with Crippen molar-refractivity contribution in [2.24, 2.45) is 0 Å². The summed E-state index contributed by atoms with van der Waals surface area (Å²) >= 11 is 1.19. The van der Waals surface area contributed by atoms with Crippen molar-refractivity contribution in [1.29, 1.82) is 5.26 Å². The largest absolute Gasteiger partial charge is 0.465 e. The Bertz CT molecular complexity index is 663. The maximum absolute atomic E-state index is 11.6. The molecule has 96 valence electrons. The molecule has 1 N–H and O–H groups in total. The lowest BCUT2D eigenvalue weighted by molar-refractivity contribution is 0.0966. The molecule has 0 bridgehead atoms. The minimum Gasteiger partial charge on any atom is -0.465 e. The number of hydrogen-bond donors (Lipinski definition) is 1. The van der Waals surface area contributed by atoms with Crippen LogP contribution in [0.3, 0.4) is 0 Å². The van der Waals surface area contributed by atoms with Crippen LogP contribution in [-0.2, 0) is 0 Å². The number of nitrogens with zero attached hydrogens (tertiary/aromatic N) is 2. The van der Waals surface area contributed by atoms with Gasteiger partial charge in [0.2, 0.25) is 0 Å². The van der Waals surface area contributed by atoms with Crippen LogP contribution in [0.2, 0.25) is 0 Å². The Labute approximate surface area is 114 Å². The summed E-state index contributed by atoms with van der Waals surface area (Å²) in [5, 5.41) is 12.2. The van der Waals surface area contributed by atoms with Crippen LogP contribution in [0.15, 0.2) is 22.8 Å². The van der Waals surface area contributed by atoms with E-state index in [1.807, 2.05) is 0 Å². The topological polar surface area (TPSA) is 78.9 Å². The first kappa shape index (κ1) is 13.1. The molecular weight excluding hydrogens is 262 g/mol. The molecule has 0 atom stereocenters. The summed E-state index contributed by atoms with van der Waals surface area (Å²) in [5.74, 6) is 0.377. The number of allylic oxidation sites excluding steroid dienone is 1. The van der Waals surface area contributed by atoms with Crippen molar-refractivity contribution < 1.29 is 9.21 Å². The zero-order valence-corrected chi connectivity index (χ0v) is 11.2. The van der Waals surface area contributed by atoms with Crippen molar-refractivity contribution in [3.8, 4) is 6.07 Å². The molecule has 0 aliphatic carbocycles. The van der Waals surface area contributed by atoms with Crippen molar-refractivity contribution in [2.45, 2.75) is 6.92 Å². The van der Waals surface area contributed by atoms with E-state index in [0.717, 1.165) is 0 Å². The van der Waals surface area contributed by atoms with Crippen LogP contribution in [0.25, 0.3) is 11.6 Å². The lowest BCUT2D eigenvalue weighted by Gasteiger charge is -1.93. The smallest absolute Gasteiger partial charge is 0.263 e. The molecule has 1 amide bonds. The molecule has 0 spiro atoms. The third-order valence-electron chi connectivity index (χ3n) is 2.41. The molecule has 19 heavy (non-hydrogen) atoms. The normalized spacial score (nSPS) is 11.1. The number of carbonyl (C=O) groups is 1. The highest BCUT2D eigenvalue weighted by atomic mass is 32.1. The predicted molar refractivity (Wildman–Crippen MR) is 72.4 cm³/mol. The fraction of sp³-hybridized carbons (Fsp3) is 0.154. The zero-order valence-electron chi connectivity index (χ0n) is 10.4. The highest BCUT2D eigenvalue weighted by molar-refractivity contribution is 7.15. The summed E-state index contributed by atoms with van der Waals surface area (Å²) in [4.78, 5) is 16.4. The first-order valence-corrected chi connectivity index (χ1v) is 6.32. The number of thiazole rings is 1. The molecule has 5 nitrogen and oxygen atoms in total. The van der Waals surface area contributed by atoms with Gasteiger partial charge in [-0.2, -0.15) is 5.26 Å². The van der Waals surface area contributed by atoms with E-state index in [0.29, 0.717) is 26.9 Å². The van der Waals surface area contributed by atoms with Gasteiger partial charge in [0, 0.05) is 13.1 Å². The summed E-state index contributed by atoms with van der Waals surface area (Å²) in [6, 6.07) is 5.56. The Balaban J connectivity index is 2.41. The number of aromatic nitrogens is 1. The number of amides is 1. The maximum Gasteiger partial charge on any atom is 0.263 e. The second-order valence-corrected chi connectivity index (χ2v) is 4.70. The number of carbonyl (C=O) groups excluding carboxylic acids is 1. The van der Waals surface area contributed by atoms with Crippen molar-refractivity contribution in [3.63, 3.8) is 0 Å². The van der Waals surface area contributed by atoms with Gasteiger partial charge in [-0.3, -0.25) is 4.79 Å². The van der Waals surface area contributed by atoms with Crippen LogP contribution in [0.4, 0.5) is 0 Å². The van der Waals surface area contributed by atoms with Crippen LogP contribution >= 0.6 is 11.3 Å². The average molecular weight is 273 g/mol. The third-order valence-corrected chi connectivity index (χ3v) is 3.60. The van der Waals surface area contributed by atoms with Crippen LogP contribution in [0.5, 0.6) is 0 Å². The van der Waals surface area contributed by atoms with E-state index in [9.17, 15) is 10.1 Å². The van der Waals surface area contributed by atoms with E-state index in [4.69, 9.17) is 4.42 Å². The van der Waals surface area contributed by atoms with E-state index in [1.54, 1.807) is 32.2 Å². The molecule has 0 aliphatic heterocycles. The van der Waals surface area contributed by atoms with Crippen LogP contribution in [-0.4, -0.2) is 17.9 Å². The molecule has 2 aromatic rings. The Morgan fingerprint density at radius 2 is 2.42 bits per heavy atom. The van der Waals surface area contributed by atoms with Gasteiger partial charge in [0.1, 0.15) is 21.7 Å². The summed E-state index contributed by atoms with van der Waals surface area (Å²) in [5.41, 5.74) is 0.984. The van der Waals surface area contributed by atoms with Gasteiger partial charge in [0.15, 0.2) is 0 Å². The lowest BCUT2D eigenvalue weighted by Crippen LogP contribution is -2.17. The number of nitriles is 1. The Hall–Kier alpha value is -2.39. The molecule has 0 unspecified atom stereocenters. The molecule has 2 aromatic heterocycles. The van der Waals surface area contributed by atoms with E-state index < -0.39 is 0 Å². The molecule has 0 radical (unpaired) electrons. The van der Waals surface area contributed by atoms with E-state index in [-0.39, 0.29) is 5.91 Å². The second-order valence-electron chi connectivity index (χ2n) is 3.70. The molecule has 0 saturated heterocycles. The highest BCUT2D eigenvalue weighted by Crippen LogP contribution is 2.25. The van der Waals surface area contributed by atoms with E-state index >= 15 is 0 Å². The molecule has 0 aromatic carbocycles. The summed E-state index contributed by atoms with van der Waals surface area (Å²) in [6.07, 6.45) is 3.13. The molecule has 2 heterocycles. The number of aryl methyl sites for hydroxylation is 1. The van der Waals surface area contributed by atoms with Gasteiger partial charge in [0.05, 0.1) is 17.5 Å². The first-order chi connectivity index (χ1) is 9.15. The molecular formula is C13H11N3O2S. The van der Waals surface area contributed by atoms with Gasteiger partial charge in [-0.05, 0) is 19.1 Å². The fourth-order valence-electron chi connectivity index (χ4n) is 1.49. The van der Waals surface area contributed by atoms with Gasteiger partial charge < -0.3 is 9.73 Å². The Morgan fingerprint density at radius 1 is 1.63 bits per heavy atom. The van der Waals surface area contributed by atoms with Gasteiger partial charge in [-0.25, -0.2) is 4.98 Å². The highest BCUT2D eigenvalue weighted by Gasteiger charge is 2.16. The van der Waals surface area contributed by atoms with E-state index in [2.05, 4.69) is 16.4 Å². The third kappa shape index (κ3) is 2.72. The summed E-state index contributed by atoms with van der Waals surface area (Å²) in [7, 11) is 1.56. The Morgan fingerprint density at radius 3 is 3.00 bits per heavy atom. The monoisotopic (exact) mass is 273 g/mol. The van der Waals surface area contributed by atoms with Gasteiger partial charge in [-0.15, -0.1) is 11.3 Å². The minimum atomic E-state index is -0.198.